The first kappa shape index (κ1) is 13.5. The predicted octanol–water partition coefficient (Wildman–Crippen LogP) is 0.438. The van der Waals surface area contributed by atoms with Crippen molar-refractivity contribution in [3.05, 3.63) is 46.4 Å². The van der Waals surface area contributed by atoms with E-state index in [1.807, 2.05) is 6.07 Å². The maximum absolute atomic E-state index is 12.5. The van der Waals surface area contributed by atoms with Crippen LogP contribution in [0.15, 0.2) is 35.3 Å². The molecule has 0 spiro atoms. The SMILES string of the molecule is NCc1ccc2c(=O)n(C3CCC(=O)NC3=O)ccc2c1. The molecule has 1 atom stereocenters. The summed E-state index contributed by atoms with van der Waals surface area (Å²) in [5.74, 6) is -0.719. The van der Waals surface area contributed by atoms with Gasteiger partial charge in [-0.1, -0.05) is 6.07 Å². The number of hydrogen-bond donors (Lipinski definition) is 2. The number of aromatic nitrogens is 1. The van der Waals surface area contributed by atoms with Crippen molar-refractivity contribution < 1.29 is 9.59 Å². The molecular weight excluding hydrogens is 270 g/mol. The third-order valence-corrected chi connectivity index (χ3v) is 3.78. The molecule has 0 saturated carbocycles. The Morgan fingerprint density at radius 2 is 2.05 bits per heavy atom. The Balaban J connectivity index is 2.08. The van der Waals surface area contributed by atoms with E-state index in [-0.39, 0.29) is 17.9 Å². The molecule has 1 fully saturated rings. The first-order valence-corrected chi connectivity index (χ1v) is 6.77. The van der Waals surface area contributed by atoms with Gasteiger partial charge in [-0.3, -0.25) is 19.7 Å². The van der Waals surface area contributed by atoms with E-state index in [1.54, 1.807) is 24.4 Å². The zero-order valence-corrected chi connectivity index (χ0v) is 11.3. The van der Waals surface area contributed by atoms with E-state index in [1.165, 1.54) is 4.57 Å². The molecule has 1 unspecified atom stereocenters. The van der Waals surface area contributed by atoms with Gasteiger partial charge in [0.25, 0.3) is 5.56 Å². The molecule has 0 bridgehead atoms. The van der Waals surface area contributed by atoms with E-state index in [9.17, 15) is 14.4 Å². The monoisotopic (exact) mass is 285 g/mol. The van der Waals surface area contributed by atoms with Crippen LogP contribution in [0.2, 0.25) is 0 Å². The van der Waals surface area contributed by atoms with Crippen molar-refractivity contribution in [3.63, 3.8) is 0 Å². The van der Waals surface area contributed by atoms with Gasteiger partial charge in [-0.25, -0.2) is 0 Å². The highest BCUT2D eigenvalue weighted by molar-refractivity contribution is 5.99. The van der Waals surface area contributed by atoms with Crippen molar-refractivity contribution in [1.29, 1.82) is 0 Å². The highest BCUT2D eigenvalue weighted by atomic mass is 16.2. The van der Waals surface area contributed by atoms with Gasteiger partial charge in [0.1, 0.15) is 6.04 Å². The second-order valence-electron chi connectivity index (χ2n) is 5.12. The lowest BCUT2D eigenvalue weighted by Gasteiger charge is -2.23. The number of nitrogens with zero attached hydrogens (tertiary/aromatic N) is 1. The average molecular weight is 285 g/mol. The van der Waals surface area contributed by atoms with Crippen molar-refractivity contribution in [2.45, 2.75) is 25.4 Å². The molecule has 21 heavy (non-hydrogen) atoms. The second kappa shape index (κ2) is 5.14. The van der Waals surface area contributed by atoms with Crippen molar-refractivity contribution in [2.75, 3.05) is 0 Å². The van der Waals surface area contributed by atoms with Gasteiger partial charge < -0.3 is 10.3 Å². The van der Waals surface area contributed by atoms with Crippen LogP contribution in [0.1, 0.15) is 24.4 Å². The number of benzene rings is 1. The van der Waals surface area contributed by atoms with Gasteiger partial charge in [-0.2, -0.15) is 0 Å². The molecule has 1 aromatic carbocycles. The Bertz CT molecular complexity index is 794. The Morgan fingerprint density at radius 3 is 2.76 bits per heavy atom. The van der Waals surface area contributed by atoms with Crippen LogP contribution in [0.5, 0.6) is 0 Å². The van der Waals surface area contributed by atoms with Crippen molar-refractivity contribution >= 4 is 22.6 Å². The van der Waals surface area contributed by atoms with Gasteiger partial charge in [-0.15, -0.1) is 0 Å². The summed E-state index contributed by atoms with van der Waals surface area (Å²) in [6, 6.07) is 6.56. The molecule has 0 radical (unpaired) electrons. The zero-order chi connectivity index (χ0) is 15.0. The minimum absolute atomic E-state index is 0.231. The summed E-state index contributed by atoms with van der Waals surface area (Å²) in [5.41, 5.74) is 6.30. The molecule has 2 amide bonds. The van der Waals surface area contributed by atoms with Crippen LogP contribution in [-0.2, 0) is 16.1 Å². The smallest absolute Gasteiger partial charge is 0.259 e. The van der Waals surface area contributed by atoms with E-state index in [2.05, 4.69) is 5.32 Å². The normalized spacial score (nSPS) is 18.8. The largest absolute Gasteiger partial charge is 0.326 e. The summed E-state index contributed by atoms with van der Waals surface area (Å²) in [4.78, 5) is 35.6. The molecular formula is C15H15N3O3. The minimum Gasteiger partial charge on any atom is -0.326 e. The number of hydrogen-bond acceptors (Lipinski definition) is 4. The fourth-order valence-electron chi connectivity index (χ4n) is 2.63. The third kappa shape index (κ3) is 2.34. The number of nitrogens with one attached hydrogen (secondary N) is 1. The number of imide groups is 1. The summed E-state index contributed by atoms with van der Waals surface area (Å²) in [6.45, 7) is 0.409. The second-order valence-corrected chi connectivity index (χ2v) is 5.12. The molecule has 3 rings (SSSR count). The Kier molecular flexibility index (Phi) is 3.31. The summed E-state index contributed by atoms with van der Waals surface area (Å²) in [7, 11) is 0. The molecule has 1 saturated heterocycles. The molecule has 1 aliphatic heterocycles. The summed E-state index contributed by atoms with van der Waals surface area (Å²) in [6.07, 6.45) is 2.19. The lowest BCUT2D eigenvalue weighted by molar-refractivity contribution is -0.135. The quantitative estimate of drug-likeness (QED) is 0.783. The van der Waals surface area contributed by atoms with E-state index < -0.39 is 11.9 Å². The summed E-state index contributed by atoms with van der Waals surface area (Å²) >= 11 is 0. The number of carbonyl (C=O) groups is 2. The maximum Gasteiger partial charge on any atom is 0.259 e. The average Bonchev–Trinajstić information content (AvgIpc) is 2.48. The molecule has 1 aromatic heterocycles. The van der Waals surface area contributed by atoms with Gasteiger partial charge >= 0.3 is 0 Å². The van der Waals surface area contributed by atoms with Gasteiger partial charge in [-0.05, 0) is 35.6 Å². The standard InChI is InChI=1S/C15H15N3O3/c16-8-9-1-2-11-10(7-9)5-6-18(15(11)21)12-3-4-13(19)17-14(12)20/h1-2,5-7,12H,3-4,8,16H2,(H,17,19,20). The molecule has 3 N–H and O–H groups in total. The first-order chi connectivity index (χ1) is 10.1. The fourth-order valence-corrected chi connectivity index (χ4v) is 2.63. The molecule has 6 nitrogen and oxygen atoms in total. The first-order valence-electron chi connectivity index (χ1n) is 6.77. The van der Waals surface area contributed by atoms with Crippen molar-refractivity contribution in [3.8, 4) is 0 Å². The van der Waals surface area contributed by atoms with E-state index >= 15 is 0 Å². The fraction of sp³-hybridized carbons (Fsp3) is 0.267. The van der Waals surface area contributed by atoms with E-state index in [0.717, 1.165) is 10.9 Å². The number of piperidine rings is 1. The predicted molar refractivity (Wildman–Crippen MR) is 77.5 cm³/mol. The van der Waals surface area contributed by atoms with Crippen LogP contribution in [0, 0.1) is 0 Å². The van der Waals surface area contributed by atoms with Crippen LogP contribution in [0.3, 0.4) is 0 Å². The minimum atomic E-state index is -0.631. The summed E-state index contributed by atoms with van der Waals surface area (Å²) < 4.78 is 1.40. The van der Waals surface area contributed by atoms with Gasteiger partial charge in [0.15, 0.2) is 0 Å². The van der Waals surface area contributed by atoms with Crippen molar-refractivity contribution in [1.82, 2.24) is 9.88 Å². The van der Waals surface area contributed by atoms with Crippen LogP contribution in [0.4, 0.5) is 0 Å². The number of amides is 2. The van der Waals surface area contributed by atoms with E-state index in [0.29, 0.717) is 18.4 Å². The van der Waals surface area contributed by atoms with Crippen LogP contribution in [-0.4, -0.2) is 16.4 Å². The Labute approximate surface area is 120 Å². The number of pyridine rings is 1. The lowest BCUT2D eigenvalue weighted by Crippen LogP contribution is -2.44. The van der Waals surface area contributed by atoms with Crippen LogP contribution < -0.4 is 16.6 Å². The molecule has 0 aliphatic carbocycles. The Morgan fingerprint density at radius 1 is 1.24 bits per heavy atom. The lowest BCUT2D eigenvalue weighted by atomic mass is 10.0. The summed E-state index contributed by atoms with van der Waals surface area (Å²) in [5, 5.41) is 3.61. The third-order valence-electron chi connectivity index (χ3n) is 3.78. The molecule has 2 aromatic rings. The number of nitrogens with two attached hydrogens (primary N) is 1. The van der Waals surface area contributed by atoms with Gasteiger partial charge in [0, 0.05) is 24.5 Å². The number of rotatable bonds is 2. The zero-order valence-electron chi connectivity index (χ0n) is 11.3. The Hall–Kier alpha value is -2.47. The topological polar surface area (TPSA) is 94.2 Å². The molecule has 2 heterocycles. The highest BCUT2D eigenvalue weighted by Crippen LogP contribution is 2.19. The maximum atomic E-state index is 12.5. The van der Waals surface area contributed by atoms with Crippen molar-refractivity contribution in [2.24, 2.45) is 5.73 Å². The van der Waals surface area contributed by atoms with Gasteiger partial charge in [0.2, 0.25) is 11.8 Å². The van der Waals surface area contributed by atoms with Crippen LogP contribution in [0.25, 0.3) is 10.8 Å². The number of carbonyl (C=O) groups excluding carboxylic acids is 2. The van der Waals surface area contributed by atoms with E-state index in [4.69, 9.17) is 5.73 Å². The number of fused-ring (bicyclic) bond motifs is 1. The van der Waals surface area contributed by atoms with Gasteiger partial charge in [0.05, 0.1) is 0 Å². The molecule has 1 aliphatic rings. The molecule has 6 heteroatoms. The molecule has 108 valence electrons. The highest BCUT2D eigenvalue weighted by Gasteiger charge is 2.28. The van der Waals surface area contributed by atoms with Crippen LogP contribution >= 0.6 is 0 Å².